The largest absolute Gasteiger partial charge is 0.488 e. The normalized spacial score (nSPS) is 12.1. The third-order valence-electron chi connectivity index (χ3n) is 3.94. The van der Waals surface area contributed by atoms with Gasteiger partial charge in [0.25, 0.3) is 5.91 Å². The summed E-state index contributed by atoms with van der Waals surface area (Å²) < 4.78 is 24.9. The van der Waals surface area contributed by atoms with E-state index in [1.54, 1.807) is 67.2 Å². The van der Waals surface area contributed by atoms with Gasteiger partial charge in [-0.05, 0) is 36.8 Å². The average molecular weight is 412 g/mol. The Morgan fingerprint density at radius 1 is 1.28 bits per heavy atom. The Balaban J connectivity index is 1.89. The van der Waals surface area contributed by atoms with Gasteiger partial charge in [-0.25, -0.2) is 9.37 Å². The number of thiazole rings is 1. The van der Waals surface area contributed by atoms with E-state index < -0.39 is 0 Å². The van der Waals surface area contributed by atoms with E-state index in [9.17, 15) is 9.18 Å². The Hall–Kier alpha value is -3.03. The first-order chi connectivity index (χ1) is 14.0. The van der Waals surface area contributed by atoms with Gasteiger partial charge in [-0.3, -0.25) is 10.1 Å². The van der Waals surface area contributed by atoms with Crippen LogP contribution >= 0.6 is 11.3 Å². The van der Waals surface area contributed by atoms with Crippen LogP contribution in [0, 0.1) is 5.82 Å². The summed E-state index contributed by atoms with van der Waals surface area (Å²) >= 11 is 1.33. The van der Waals surface area contributed by atoms with Crippen LogP contribution in [0.2, 0.25) is 0 Å². The minimum absolute atomic E-state index is 0.194. The van der Waals surface area contributed by atoms with Crippen molar-refractivity contribution in [1.29, 1.82) is 0 Å². The number of rotatable bonds is 8. The summed E-state index contributed by atoms with van der Waals surface area (Å²) in [5.41, 5.74) is 1.58. The van der Waals surface area contributed by atoms with Crippen LogP contribution in [-0.2, 0) is 4.74 Å². The molecule has 5 nitrogen and oxygen atoms in total. The highest BCUT2D eigenvalue weighted by atomic mass is 32.1. The summed E-state index contributed by atoms with van der Waals surface area (Å²) in [6, 6.07) is 11.7. The van der Waals surface area contributed by atoms with Gasteiger partial charge in [0.1, 0.15) is 17.7 Å². The van der Waals surface area contributed by atoms with Gasteiger partial charge < -0.3 is 9.47 Å². The van der Waals surface area contributed by atoms with E-state index >= 15 is 0 Å². The molecule has 1 heterocycles. The molecule has 0 spiro atoms. The molecule has 0 saturated carbocycles. The van der Waals surface area contributed by atoms with E-state index in [0.29, 0.717) is 34.2 Å². The lowest BCUT2D eigenvalue weighted by Gasteiger charge is -2.15. The third kappa shape index (κ3) is 5.97. The molecule has 29 heavy (non-hydrogen) atoms. The van der Waals surface area contributed by atoms with Crippen molar-refractivity contribution < 1.29 is 18.7 Å². The highest BCUT2D eigenvalue weighted by Gasteiger charge is 2.12. The van der Waals surface area contributed by atoms with Crippen LogP contribution in [0.5, 0.6) is 5.75 Å². The molecule has 1 amide bonds. The molecule has 7 heteroatoms. The number of nitrogens with zero attached hydrogens (tertiary/aromatic N) is 1. The van der Waals surface area contributed by atoms with E-state index in [-0.39, 0.29) is 17.8 Å². The second kappa shape index (κ2) is 9.95. The number of halogens is 1. The topological polar surface area (TPSA) is 60.5 Å². The molecule has 150 valence electrons. The van der Waals surface area contributed by atoms with Gasteiger partial charge in [0, 0.05) is 29.8 Å². The number of carbonyl (C=O) groups is 1. The van der Waals surface area contributed by atoms with E-state index in [1.165, 1.54) is 17.4 Å². The summed E-state index contributed by atoms with van der Waals surface area (Å²) in [5.74, 6) is -0.0912. The maximum absolute atomic E-state index is 13.9. The SMILES string of the molecule is COC[C@H](C)Oc1cc(C=Cc2ccccc2F)cc(C(=O)Nc2nccs2)c1. The zero-order valence-corrected chi connectivity index (χ0v) is 16.9. The second-order valence-electron chi connectivity index (χ2n) is 6.32. The van der Waals surface area contributed by atoms with E-state index in [2.05, 4.69) is 10.3 Å². The zero-order valence-electron chi connectivity index (χ0n) is 16.1. The second-order valence-corrected chi connectivity index (χ2v) is 7.22. The minimum atomic E-state index is -0.313. The van der Waals surface area contributed by atoms with Crippen molar-refractivity contribution in [2.75, 3.05) is 19.0 Å². The fourth-order valence-electron chi connectivity index (χ4n) is 2.67. The summed E-state index contributed by atoms with van der Waals surface area (Å²) in [6.45, 7) is 2.29. The number of ether oxygens (including phenoxy) is 2. The van der Waals surface area contributed by atoms with Gasteiger partial charge in [0.2, 0.25) is 0 Å². The number of benzene rings is 2. The van der Waals surface area contributed by atoms with Crippen molar-refractivity contribution in [1.82, 2.24) is 4.98 Å². The van der Waals surface area contributed by atoms with Gasteiger partial charge in [-0.2, -0.15) is 0 Å². The van der Waals surface area contributed by atoms with Gasteiger partial charge in [0.15, 0.2) is 5.13 Å². The molecule has 0 aliphatic heterocycles. The first-order valence-corrected chi connectivity index (χ1v) is 9.87. The van der Waals surface area contributed by atoms with Crippen molar-refractivity contribution in [3.63, 3.8) is 0 Å². The van der Waals surface area contributed by atoms with Crippen molar-refractivity contribution in [2.24, 2.45) is 0 Å². The van der Waals surface area contributed by atoms with E-state index in [0.717, 1.165) is 0 Å². The van der Waals surface area contributed by atoms with E-state index in [1.807, 2.05) is 6.92 Å². The van der Waals surface area contributed by atoms with Gasteiger partial charge in [-0.1, -0.05) is 30.4 Å². The number of aromatic nitrogens is 1. The predicted octanol–water partition coefficient (Wildman–Crippen LogP) is 5.12. The first-order valence-electron chi connectivity index (χ1n) is 8.99. The number of nitrogens with one attached hydrogen (secondary N) is 1. The molecule has 0 unspecified atom stereocenters. The Morgan fingerprint density at radius 3 is 2.83 bits per heavy atom. The van der Waals surface area contributed by atoms with Crippen molar-refractivity contribution >= 4 is 34.5 Å². The van der Waals surface area contributed by atoms with Crippen molar-refractivity contribution in [3.05, 3.63) is 76.5 Å². The quantitative estimate of drug-likeness (QED) is 0.522. The lowest BCUT2D eigenvalue weighted by atomic mass is 10.1. The minimum Gasteiger partial charge on any atom is -0.488 e. The number of carbonyl (C=O) groups excluding carboxylic acids is 1. The van der Waals surface area contributed by atoms with Gasteiger partial charge >= 0.3 is 0 Å². The molecule has 0 aliphatic carbocycles. The highest BCUT2D eigenvalue weighted by Crippen LogP contribution is 2.22. The molecule has 0 radical (unpaired) electrons. The smallest absolute Gasteiger partial charge is 0.257 e. The van der Waals surface area contributed by atoms with Crippen LogP contribution in [0.1, 0.15) is 28.4 Å². The molecular weight excluding hydrogens is 391 g/mol. The molecular formula is C22H21FN2O3S. The lowest BCUT2D eigenvalue weighted by Crippen LogP contribution is -2.18. The van der Waals surface area contributed by atoms with Gasteiger partial charge in [-0.15, -0.1) is 11.3 Å². The molecule has 0 saturated heterocycles. The summed E-state index contributed by atoms with van der Waals surface area (Å²) in [4.78, 5) is 16.7. The number of hydrogen-bond acceptors (Lipinski definition) is 5. The standard InChI is InChI=1S/C22H21FN2O3S/c1-15(14-27-2)28-19-12-16(7-8-17-5-3-4-6-20(17)23)11-18(13-19)21(26)25-22-24-9-10-29-22/h3-13,15H,14H2,1-2H3,(H,24,25,26)/t15-/m0/s1. The highest BCUT2D eigenvalue weighted by molar-refractivity contribution is 7.13. The van der Waals surface area contributed by atoms with Crippen molar-refractivity contribution in [3.8, 4) is 5.75 Å². The van der Waals surface area contributed by atoms with Gasteiger partial charge in [0.05, 0.1) is 6.61 Å². The zero-order chi connectivity index (χ0) is 20.6. The number of anilines is 1. The molecule has 0 fully saturated rings. The molecule has 0 aliphatic rings. The fraction of sp³-hybridized carbons (Fsp3) is 0.182. The van der Waals surface area contributed by atoms with Crippen LogP contribution in [0.15, 0.2) is 54.0 Å². The lowest BCUT2D eigenvalue weighted by molar-refractivity contribution is 0.0917. The predicted molar refractivity (Wildman–Crippen MR) is 114 cm³/mol. The first kappa shape index (κ1) is 20.7. The molecule has 3 rings (SSSR count). The Kier molecular flexibility index (Phi) is 7.10. The number of amides is 1. The molecule has 1 atom stereocenters. The van der Waals surface area contributed by atoms with Crippen LogP contribution < -0.4 is 10.1 Å². The average Bonchev–Trinajstić information content (AvgIpc) is 3.20. The molecule has 1 aromatic heterocycles. The number of methoxy groups -OCH3 is 1. The number of hydrogen-bond donors (Lipinski definition) is 1. The maximum Gasteiger partial charge on any atom is 0.257 e. The molecule has 1 N–H and O–H groups in total. The summed E-state index contributed by atoms with van der Waals surface area (Å²) in [6.07, 6.45) is 4.83. The monoisotopic (exact) mass is 412 g/mol. The van der Waals surface area contributed by atoms with Crippen LogP contribution in [0.3, 0.4) is 0 Å². The summed E-state index contributed by atoms with van der Waals surface area (Å²) in [7, 11) is 1.60. The Labute approximate surface area is 172 Å². The van der Waals surface area contributed by atoms with E-state index in [4.69, 9.17) is 9.47 Å². The van der Waals surface area contributed by atoms with Crippen LogP contribution in [0.25, 0.3) is 12.2 Å². The Bertz CT molecular complexity index is 989. The molecule has 3 aromatic rings. The van der Waals surface area contributed by atoms with Crippen molar-refractivity contribution in [2.45, 2.75) is 13.0 Å². The van der Waals surface area contributed by atoms with Crippen LogP contribution in [-0.4, -0.2) is 30.7 Å². The fourth-order valence-corrected chi connectivity index (χ4v) is 3.19. The Morgan fingerprint density at radius 2 is 2.10 bits per heavy atom. The maximum atomic E-state index is 13.9. The molecule has 2 aromatic carbocycles. The third-order valence-corrected chi connectivity index (χ3v) is 4.63. The molecule has 0 bridgehead atoms. The van der Waals surface area contributed by atoms with Crippen LogP contribution in [0.4, 0.5) is 9.52 Å². The summed E-state index contributed by atoms with van der Waals surface area (Å²) in [5, 5.41) is 5.05.